The molecule has 305 valence electrons. The second-order valence-electron chi connectivity index (χ2n) is 20.5. The van der Waals surface area contributed by atoms with Gasteiger partial charge in [-0.15, -0.1) is 0 Å². The molecule has 0 amide bonds. The van der Waals surface area contributed by atoms with Crippen LogP contribution in [-0.2, 0) is 16.4 Å². The van der Waals surface area contributed by atoms with Gasteiger partial charge in [0.1, 0.15) is 0 Å². The van der Waals surface area contributed by atoms with E-state index >= 15 is 0 Å². The maximum absolute atomic E-state index is 9.43. The molecule has 6 heteroatoms. The quantitative estimate of drug-likeness (QED) is 0.127. The minimum absolute atomic E-state index is 0.107. The van der Waals surface area contributed by atoms with Crippen LogP contribution in [0, 0.1) is 11.8 Å². The molecule has 0 N–H and O–H groups in total. The number of fused-ring (bicyclic) bond motifs is 5. The second-order valence-corrected chi connectivity index (χ2v) is 53.0. The van der Waals surface area contributed by atoms with Crippen molar-refractivity contribution in [1.29, 1.82) is 0 Å². The first-order valence-electron chi connectivity index (χ1n) is 22.1. The molecule has 2 unspecified atom stereocenters. The van der Waals surface area contributed by atoms with Crippen LogP contribution >= 0.6 is 17.0 Å². The van der Waals surface area contributed by atoms with E-state index in [-0.39, 0.29) is 19.1 Å². The van der Waals surface area contributed by atoms with Gasteiger partial charge in [0, 0.05) is 0 Å². The molecule has 0 bridgehead atoms. The zero-order valence-corrected chi connectivity index (χ0v) is 44.4. The van der Waals surface area contributed by atoms with E-state index < -0.39 is 42.1 Å². The van der Waals surface area contributed by atoms with Crippen LogP contribution in [0.2, 0.25) is 39.3 Å². The predicted octanol–water partition coefficient (Wildman–Crippen LogP) is 12.4. The Kier molecular flexibility index (Phi) is 10.6. The summed E-state index contributed by atoms with van der Waals surface area (Å²) in [5.74, 6) is 0.503. The molecule has 6 aromatic carbocycles. The topological polar surface area (TPSA) is 0 Å². The van der Waals surface area contributed by atoms with Crippen molar-refractivity contribution in [3.8, 4) is 33.4 Å². The second kappa shape index (κ2) is 15.0. The van der Waals surface area contributed by atoms with Crippen molar-refractivity contribution >= 4 is 78.9 Å². The first-order valence-corrected chi connectivity index (χ1v) is 40.9. The van der Waals surface area contributed by atoms with E-state index in [1.165, 1.54) is 90.8 Å². The zero-order chi connectivity index (χ0) is 42.5. The molecule has 2 aliphatic carbocycles. The van der Waals surface area contributed by atoms with E-state index in [0.29, 0.717) is 0 Å². The molecule has 0 saturated carbocycles. The van der Waals surface area contributed by atoms with Crippen molar-refractivity contribution in [1.82, 2.24) is 0 Å². The monoisotopic (exact) mass is 951 g/mol. The summed E-state index contributed by atoms with van der Waals surface area (Å²) in [4.78, 5) is 0. The number of benzene rings is 6. The van der Waals surface area contributed by atoms with Gasteiger partial charge < -0.3 is 0 Å². The first kappa shape index (κ1) is 42.2. The number of hydrogen-bond acceptors (Lipinski definition) is 0. The Morgan fingerprint density at radius 2 is 0.867 bits per heavy atom. The van der Waals surface area contributed by atoms with Crippen molar-refractivity contribution in [3.63, 3.8) is 0 Å². The van der Waals surface area contributed by atoms with Crippen molar-refractivity contribution in [2.75, 3.05) is 0 Å². The Labute approximate surface area is 372 Å². The molecule has 1 aliphatic heterocycles. The van der Waals surface area contributed by atoms with E-state index in [1.807, 2.05) is 0 Å². The van der Waals surface area contributed by atoms with E-state index in [0.717, 1.165) is 0 Å². The SMILES string of the molecule is CC(C)C1=Cc2c(-c3ccccc3[Si](C)(C)C)cccc2[CH]1[Zr]([Cl])([Cl])([c]1cccc2c1[SiH2]c1ccccc1-2)[CH]1C(C(C)C)=Cc2c(-c3ccccc3[Si](C)(C)C)cccc21. The van der Waals surface area contributed by atoms with Crippen molar-refractivity contribution in [2.45, 2.75) is 74.2 Å². The first-order chi connectivity index (χ1) is 28.4. The molecule has 0 spiro atoms. The van der Waals surface area contributed by atoms with Gasteiger partial charge in [-0.05, 0) is 0 Å². The summed E-state index contributed by atoms with van der Waals surface area (Å²) in [5, 5.41) is 5.96. The average molecular weight is 954 g/mol. The number of rotatable bonds is 9. The van der Waals surface area contributed by atoms with Crippen LogP contribution in [0.4, 0.5) is 0 Å². The Morgan fingerprint density at radius 1 is 0.467 bits per heavy atom. The van der Waals surface area contributed by atoms with Crippen LogP contribution < -0.4 is 24.0 Å². The molecule has 60 heavy (non-hydrogen) atoms. The molecular weight excluding hydrogens is 895 g/mol. The van der Waals surface area contributed by atoms with Crippen LogP contribution in [0.25, 0.3) is 45.5 Å². The third-order valence-electron chi connectivity index (χ3n) is 14.0. The van der Waals surface area contributed by atoms with Crippen LogP contribution in [0.5, 0.6) is 0 Å². The van der Waals surface area contributed by atoms with Crippen LogP contribution in [0.3, 0.4) is 0 Å². The molecular formula is C54H59Cl2Si3Zr. The number of allylic oxidation sites excluding steroid dienone is 2. The molecule has 1 heterocycles. The molecule has 2 atom stereocenters. The maximum atomic E-state index is 9.43. The summed E-state index contributed by atoms with van der Waals surface area (Å²) in [5.41, 5.74) is 16.1. The summed E-state index contributed by atoms with van der Waals surface area (Å²) < 4.78 is 1.09. The van der Waals surface area contributed by atoms with Crippen LogP contribution in [-0.4, -0.2) is 25.7 Å². The fourth-order valence-corrected chi connectivity index (χ4v) is 42.8. The molecule has 0 saturated heterocycles. The van der Waals surface area contributed by atoms with Crippen molar-refractivity contribution < 1.29 is 16.4 Å². The van der Waals surface area contributed by atoms with Gasteiger partial charge in [-0.1, -0.05) is 0 Å². The van der Waals surface area contributed by atoms with Gasteiger partial charge >= 0.3 is 375 Å². The van der Waals surface area contributed by atoms with E-state index in [1.54, 1.807) is 0 Å². The summed E-state index contributed by atoms with van der Waals surface area (Å²) >= 11 is -5.68. The normalized spacial score (nSPS) is 18.2. The summed E-state index contributed by atoms with van der Waals surface area (Å²) in [6, 6.07) is 48.6. The number of halogens is 2. The van der Waals surface area contributed by atoms with Gasteiger partial charge in [0.05, 0.1) is 0 Å². The fraction of sp³-hybridized carbons (Fsp3) is 0.259. The minimum atomic E-state index is -5.68. The molecule has 6 aromatic rings. The molecule has 3 aliphatic rings. The standard InChI is InChI=1S/2C21H25Si.C12H9Si.2ClH.Zr/c2*1-15(2)17-13-16-9-8-11-18(20(16)14-17)19-10-6-7-12-21(19)22(3,4)5;1-3-7-11-9(5-1)10-6-2-4-8-12(10)13-11;;;/h2*6-15H,1-5H3;1-7H,13H2;2*1H;/q;;;;;+2/p-2. The Morgan fingerprint density at radius 3 is 1.33 bits per heavy atom. The van der Waals surface area contributed by atoms with Crippen molar-refractivity contribution in [3.05, 3.63) is 161 Å². The Balaban J connectivity index is 1.38. The Hall–Kier alpha value is -3.09. The van der Waals surface area contributed by atoms with Gasteiger partial charge in [-0.2, -0.15) is 0 Å². The molecule has 0 aromatic heterocycles. The molecule has 9 rings (SSSR count). The molecule has 0 nitrogen and oxygen atoms in total. The fourth-order valence-electron chi connectivity index (χ4n) is 11.3. The van der Waals surface area contributed by atoms with E-state index in [2.05, 4.69) is 207 Å². The van der Waals surface area contributed by atoms with E-state index in [4.69, 9.17) is 0 Å². The average Bonchev–Trinajstić information content (AvgIpc) is 3.93. The summed E-state index contributed by atoms with van der Waals surface area (Å²) in [7, 11) is 14.6. The predicted molar refractivity (Wildman–Crippen MR) is 272 cm³/mol. The number of hydrogen-bond donors (Lipinski definition) is 0. The van der Waals surface area contributed by atoms with Gasteiger partial charge in [-0.3, -0.25) is 0 Å². The zero-order valence-electron chi connectivity index (χ0n) is 37.1. The van der Waals surface area contributed by atoms with Gasteiger partial charge in [0.15, 0.2) is 0 Å². The van der Waals surface area contributed by atoms with Crippen LogP contribution in [0.15, 0.2) is 139 Å². The third-order valence-corrected chi connectivity index (χ3v) is 40.7. The molecule has 0 fully saturated rings. The molecule has 0 radical (unpaired) electrons. The van der Waals surface area contributed by atoms with Crippen molar-refractivity contribution in [2.24, 2.45) is 11.8 Å². The summed E-state index contributed by atoms with van der Waals surface area (Å²) in [6.45, 7) is 24.3. The van der Waals surface area contributed by atoms with Gasteiger partial charge in [0.25, 0.3) is 0 Å². The van der Waals surface area contributed by atoms with Gasteiger partial charge in [0.2, 0.25) is 0 Å². The third kappa shape index (κ3) is 6.57. The van der Waals surface area contributed by atoms with Gasteiger partial charge in [-0.25, -0.2) is 0 Å². The van der Waals surface area contributed by atoms with Crippen LogP contribution in [0.1, 0.15) is 57.2 Å². The Bertz CT molecular complexity index is 2640. The summed E-state index contributed by atoms with van der Waals surface area (Å²) in [6.07, 6.45) is 5.09. The van der Waals surface area contributed by atoms with E-state index in [9.17, 15) is 17.0 Å².